The number of nitrogens with two attached hydrogens (primary N) is 1. The van der Waals surface area contributed by atoms with E-state index in [1.807, 2.05) is 11.0 Å². The van der Waals surface area contributed by atoms with E-state index in [1.54, 1.807) is 6.07 Å². The topological polar surface area (TPSA) is 80.8 Å². The number of hydrogen-bond donors (Lipinski definition) is 1. The number of halogens is 1. The van der Waals surface area contributed by atoms with E-state index in [9.17, 15) is 4.39 Å². The van der Waals surface area contributed by atoms with Crippen LogP contribution in [0.3, 0.4) is 0 Å². The summed E-state index contributed by atoms with van der Waals surface area (Å²) in [5, 5.41) is 7.97. The molecule has 2 N–H and O–H groups in total. The van der Waals surface area contributed by atoms with Crippen LogP contribution in [0.15, 0.2) is 24.5 Å². The number of aromatic nitrogens is 4. The summed E-state index contributed by atoms with van der Waals surface area (Å²) in [6.45, 7) is 0.822. The van der Waals surface area contributed by atoms with Gasteiger partial charge in [-0.25, -0.2) is 14.4 Å². The molecule has 19 heavy (non-hydrogen) atoms. The normalized spacial score (nSPS) is 18.8. The summed E-state index contributed by atoms with van der Waals surface area (Å²) >= 11 is 0. The minimum atomic E-state index is -0.438. The lowest BCUT2D eigenvalue weighted by molar-refractivity contribution is 0.607. The minimum absolute atomic E-state index is 0.0681. The molecular weight excluding hydrogens is 247 g/mol. The molecule has 0 bridgehead atoms. The monoisotopic (exact) mass is 260 g/mol. The van der Waals surface area contributed by atoms with Crippen molar-refractivity contribution in [3.63, 3.8) is 0 Å². The van der Waals surface area contributed by atoms with Crippen molar-refractivity contribution in [1.82, 2.24) is 20.2 Å². The highest BCUT2D eigenvalue weighted by molar-refractivity contribution is 5.37. The van der Waals surface area contributed by atoms with Crippen molar-refractivity contribution in [3.8, 4) is 0 Å². The lowest BCUT2D eigenvalue weighted by Crippen LogP contribution is -2.25. The Morgan fingerprint density at radius 1 is 1.21 bits per heavy atom. The average Bonchev–Trinajstić information content (AvgIpc) is 2.90. The predicted molar refractivity (Wildman–Crippen MR) is 67.8 cm³/mol. The van der Waals surface area contributed by atoms with Gasteiger partial charge in [0, 0.05) is 6.54 Å². The number of nitrogens with zero attached hydrogens (tertiary/aromatic N) is 5. The van der Waals surface area contributed by atoms with Crippen LogP contribution < -0.4 is 10.6 Å². The second-order valence-corrected chi connectivity index (χ2v) is 4.44. The zero-order valence-electron chi connectivity index (χ0n) is 10.2. The van der Waals surface area contributed by atoms with Crippen molar-refractivity contribution >= 4 is 11.8 Å². The molecule has 7 heteroatoms. The van der Waals surface area contributed by atoms with Crippen LogP contribution in [0.2, 0.25) is 0 Å². The van der Waals surface area contributed by atoms with Gasteiger partial charge in [0.2, 0.25) is 5.95 Å². The van der Waals surface area contributed by atoms with Gasteiger partial charge in [-0.15, -0.1) is 5.10 Å². The molecule has 1 fully saturated rings. The highest BCUT2D eigenvalue weighted by Gasteiger charge is 2.29. The first-order valence-corrected chi connectivity index (χ1v) is 6.07. The summed E-state index contributed by atoms with van der Waals surface area (Å²) in [5.74, 6) is 0.473. The van der Waals surface area contributed by atoms with Crippen LogP contribution in [0.25, 0.3) is 0 Å². The molecule has 3 rings (SSSR count). The quantitative estimate of drug-likeness (QED) is 0.877. The Morgan fingerprint density at radius 2 is 2.00 bits per heavy atom. The SMILES string of the molecule is Nc1ccc(C2CCCN2c2ncc(F)cn2)nn1. The van der Waals surface area contributed by atoms with Crippen LogP contribution in [0.1, 0.15) is 24.6 Å². The molecular formula is C12H13FN6. The van der Waals surface area contributed by atoms with E-state index in [4.69, 9.17) is 5.73 Å². The summed E-state index contributed by atoms with van der Waals surface area (Å²) in [6, 6.07) is 3.65. The Kier molecular flexibility index (Phi) is 2.94. The standard InChI is InChI=1S/C12H13FN6/c13-8-6-15-12(16-7-8)19-5-1-2-10(19)9-3-4-11(14)18-17-9/h3-4,6-7,10H,1-2,5H2,(H2,14,18). The molecule has 6 nitrogen and oxygen atoms in total. The highest BCUT2D eigenvalue weighted by Crippen LogP contribution is 2.32. The largest absolute Gasteiger partial charge is 0.382 e. The van der Waals surface area contributed by atoms with E-state index in [-0.39, 0.29) is 6.04 Å². The van der Waals surface area contributed by atoms with Gasteiger partial charge in [0.25, 0.3) is 0 Å². The molecule has 1 atom stereocenters. The van der Waals surface area contributed by atoms with E-state index in [2.05, 4.69) is 20.2 Å². The second-order valence-electron chi connectivity index (χ2n) is 4.44. The van der Waals surface area contributed by atoms with Crippen LogP contribution in [0.5, 0.6) is 0 Å². The maximum Gasteiger partial charge on any atom is 0.226 e. The third-order valence-electron chi connectivity index (χ3n) is 3.16. The number of anilines is 2. The van der Waals surface area contributed by atoms with Crippen LogP contribution in [0, 0.1) is 5.82 Å². The Labute approximate surface area is 109 Å². The molecule has 3 heterocycles. The Balaban J connectivity index is 1.89. The first-order valence-electron chi connectivity index (χ1n) is 6.07. The van der Waals surface area contributed by atoms with Gasteiger partial charge in [-0.05, 0) is 25.0 Å². The zero-order chi connectivity index (χ0) is 13.2. The maximum absolute atomic E-state index is 12.9. The van der Waals surface area contributed by atoms with E-state index < -0.39 is 5.82 Å². The molecule has 1 aliphatic rings. The molecule has 0 radical (unpaired) electrons. The Morgan fingerprint density at radius 3 is 2.68 bits per heavy atom. The Hall–Kier alpha value is -2.31. The fourth-order valence-electron chi connectivity index (χ4n) is 2.30. The van der Waals surface area contributed by atoms with Gasteiger partial charge in [-0.3, -0.25) is 0 Å². The lowest BCUT2D eigenvalue weighted by atomic mass is 10.1. The molecule has 1 aliphatic heterocycles. The van der Waals surface area contributed by atoms with E-state index in [0.29, 0.717) is 11.8 Å². The van der Waals surface area contributed by atoms with Crippen molar-refractivity contribution < 1.29 is 4.39 Å². The summed E-state index contributed by atoms with van der Waals surface area (Å²) in [6.07, 6.45) is 4.30. The van der Waals surface area contributed by atoms with Gasteiger partial charge in [-0.1, -0.05) is 0 Å². The molecule has 2 aromatic heterocycles. The lowest BCUT2D eigenvalue weighted by Gasteiger charge is -2.23. The molecule has 0 aliphatic carbocycles. The fourth-order valence-corrected chi connectivity index (χ4v) is 2.30. The molecule has 1 saturated heterocycles. The van der Waals surface area contributed by atoms with Gasteiger partial charge in [0.1, 0.15) is 5.82 Å². The summed E-state index contributed by atoms with van der Waals surface area (Å²) in [5.41, 5.74) is 6.37. The van der Waals surface area contributed by atoms with Crippen molar-refractivity contribution in [1.29, 1.82) is 0 Å². The molecule has 1 unspecified atom stereocenters. The van der Waals surface area contributed by atoms with Crippen LogP contribution in [0.4, 0.5) is 16.2 Å². The third-order valence-corrected chi connectivity index (χ3v) is 3.16. The number of hydrogen-bond acceptors (Lipinski definition) is 6. The molecule has 0 spiro atoms. The first kappa shape index (κ1) is 11.8. The summed E-state index contributed by atoms with van der Waals surface area (Å²) < 4.78 is 12.9. The zero-order valence-corrected chi connectivity index (χ0v) is 10.2. The molecule has 0 aromatic carbocycles. The molecule has 98 valence electrons. The van der Waals surface area contributed by atoms with Crippen molar-refractivity contribution in [2.45, 2.75) is 18.9 Å². The van der Waals surface area contributed by atoms with E-state index >= 15 is 0 Å². The second kappa shape index (κ2) is 4.75. The van der Waals surface area contributed by atoms with E-state index in [1.165, 1.54) is 12.4 Å². The fraction of sp³-hybridized carbons (Fsp3) is 0.333. The van der Waals surface area contributed by atoms with Crippen molar-refractivity contribution in [2.24, 2.45) is 0 Å². The van der Waals surface area contributed by atoms with E-state index in [0.717, 1.165) is 25.1 Å². The van der Waals surface area contributed by atoms with Gasteiger partial charge in [0.15, 0.2) is 5.82 Å². The molecule has 0 amide bonds. The van der Waals surface area contributed by atoms with Crippen LogP contribution >= 0.6 is 0 Å². The number of rotatable bonds is 2. The summed E-state index contributed by atoms with van der Waals surface area (Å²) in [4.78, 5) is 10.1. The first-order chi connectivity index (χ1) is 9.24. The van der Waals surface area contributed by atoms with Gasteiger partial charge < -0.3 is 10.6 Å². The van der Waals surface area contributed by atoms with Crippen LogP contribution in [-0.4, -0.2) is 26.7 Å². The molecule has 2 aromatic rings. The third kappa shape index (κ3) is 2.31. The van der Waals surface area contributed by atoms with Crippen LogP contribution in [-0.2, 0) is 0 Å². The van der Waals surface area contributed by atoms with Gasteiger partial charge in [0.05, 0.1) is 24.1 Å². The summed E-state index contributed by atoms with van der Waals surface area (Å²) in [7, 11) is 0. The average molecular weight is 260 g/mol. The number of nitrogen functional groups attached to an aromatic ring is 1. The smallest absolute Gasteiger partial charge is 0.226 e. The van der Waals surface area contributed by atoms with Crippen molar-refractivity contribution in [3.05, 3.63) is 36.0 Å². The Bertz CT molecular complexity index is 504. The van der Waals surface area contributed by atoms with Gasteiger partial charge in [-0.2, -0.15) is 5.10 Å². The maximum atomic E-state index is 12.9. The molecule has 0 saturated carbocycles. The van der Waals surface area contributed by atoms with Gasteiger partial charge >= 0.3 is 0 Å². The van der Waals surface area contributed by atoms with Crippen molar-refractivity contribution in [2.75, 3.05) is 17.2 Å². The predicted octanol–water partition coefficient (Wildman–Crippen LogP) is 1.33. The minimum Gasteiger partial charge on any atom is -0.382 e. The highest BCUT2D eigenvalue weighted by atomic mass is 19.1.